The van der Waals surface area contributed by atoms with Crippen LogP contribution in [-0.2, 0) is 4.79 Å². The number of methoxy groups -OCH3 is 1. The van der Waals surface area contributed by atoms with Gasteiger partial charge in [0.15, 0.2) is 18.1 Å². The molecule has 0 fully saturated rings. The van der Waals surface area contributed by atoms with Gasteiger partial charge in [-0.2, -0.15) is 5.10 Å². The van der Waals surface area contributed by atoms with Crippen molar-refractivity contribution in [1.29, 1.82) is 0 Å². The molecule has 2 N–H and O–H groups in total. The number of nitro groups is 1. The van der Waals surface area contributed by atoms with E-state index in [1.165, 1.54) is 37.6 Å². The second-order valence-electron chi connectivity index (χ2n) is 6.74. The molecule has 0 aliphatic heterocycles. The SMILES string of the molecule is COc1cc(/C=N/NC(=O)c2cccc([N+](=O)[O-])c2)cc(Cl)c1OCC(=O)Nc1ccccc1. The summed E-state index contributed by atoms with van der Waals surface area (Å²) in [6.07, 6.45) is 1.32. The third-order valence-electron chi connectivity index (χ3n) is 4.36. The smallest absolute Gasteiger partial charge is 0.271 e. The molecule has 3 rings (SSSR count). The van der Waals surface area contributed by atoms with E-state index in [4.69, 9.17) is 21.1 Å². The van der Waals surface area contributed by atoms with E-state index < -0.39 is 10.8 Å². The van der Waals surface area contributed by atoms with E-state index >= 15 is 0 Å². The largest absolute Gasteiger partial charge is 0.493 e. The van der Waals surface area contributed by atoms with Gasteiger partial charge in [0.25, 0.3) is 17.5 Å². The molecular weight excluding hydrogens is 464 g/mol. The van der Waals surface area contributed by atoms with E-state index in [0.717, 1.165) is 6.07 Å². The van der Waals surface area contributed by atoms with Crippen LogP contribution in [0.4, 0.5) is 11.4 Å². The number of hydrogen-bond donors (Lipinski definition) is 2. The van der Waals surface area contributed by atoms with Crippen molar-refractivity contribution in [1.82, 2.24) is 5.43 Å². The molecule has 3 aromatic rings. The van der Waals surface area contributed by atoms with Crippen LogP contribution in [-0.4, -0.2) is 36.7 Å². The first-order chi connectivity index (χ1) is 16.4. The molecule has 0 unspecified atom stereocenters. The minimum atomic E-state index is -0.623. The summed E-state index contributed by atoms with van der Waals surface area (Å²) in [6.45, 7) is -0.294. The molecule has 0 spiro atoms. The Labute approximate surface area is 199 Å². The summed E-state index contributed by atoms with van der Waals surface area (Å²) in [6, 6.07) is 17.2. The van der Waals surface area contributed by atoms with E-state index in [2.05, 4.69) is 15.8 Å². The number of rotatable bonds is 9. The summed E-state index contributed by atoms with van der Waals surface area (Å²) >= 11 is 6.29. The molecule has 174 valence electrons. The number of halogens is 1. The van der Waals surface area contributed by atoms with Crippen LogP contribution >= 0.6 is 11.6 Å². The number of amides is 2. The molecule has 0 atom stereocenters. The van der Waals surface area contributed by atoms with Crippen molar-refractivity contribution in [2.24, 2.45) is 5.10 Å². The summed E-state index contributed by atoms with van der Waals surface area (Å²) in [5, 5.41) is 17.6. The van der Waals surface area contributed by atoms with E-state index in [1.54, 1.807) is 30.3 Å². The Morgan fingerprint density at radius 3 is 2.59 bits per heavy atom. The van der Waals surface area contributed by atoms with Gasteiger partial charge in [0.05, 0.1) is 23.3 Å². The third kappa shape index (κ3) is 6.53. The van der Waals surface area contributed by atoms with Crippen LogP contribution in [0.5, 0.6) is 11.5 Å². The fraction of sp³-hybridized carbons (Fsp3) is 0.0870. The summed E-state index contributed by atoms with van der Waals surface area (Å²) in [4.78, 5) is 34.6. The highest BCUT2D eigenvalue weighted by Crippen LogP contribution is 2.36. The number of hydrazone groups is 1. The van der Waals surface area contributed by atoms with Crippen LogP contribution in [0, 0.1) is 10.1 Å². The molecular formula is C23H19ClN4O6. The highest BCUT2D eigenvalue weighted by molar-refractivity contribution is 6.32. The molecule has 0 bridgehead atoms. The van der Waals surface area contributed by atoms with Crippen LogP contribution in [0.3, 0.4) is 0 Å². The zero-order valence-corrected chi connectivity index (χ0v) is 18.6. The standard InChI is InChI=1S/C23H19ClN4O6/c1-33-20-11-15(13-25-27-23(30)16-6-5-9-18(12-16)28(31)32)10-19(24)22(20)34-14-21(29)26-17-7-3-2-4-8-17/h2-13H,14H2,1H3,(H,26,29)(H,27,30)/b25-13+. The topological polar surface area (TPSA) is 132 Å². The summed E-state index contributed by atoms with van der Waals surface area (Å²) in [5.74, 6) is -0.571. The zero-order chi connectivity index (χ0) is 24.5. The number of benzene rings is 3. The van der Waals surface area contributed by atoms with E-state index in [0.29, 0.717) is 11.3 Å². The lowest BCUT2D eigenvalue weighted by Crippen LogP contribution is -2.20. The van der Waals surface area contributed by atoms with Crippen molar-refractivity contribution in [2.45, 2.75) is 0 Å². The van der Waals surface area contributed by atoms with Crippen LogP contribution in [0.25, 0.3) is 0 Å². The second-order valence-corrected chi connectivity index (χ2v) is 7.15. The Bertz CT molecular complexity index is 1230. The first-order valence-corrected chi connectivity index (χ1v) is 10.2. The van der Waals surface area contributed by atoms with Gasteiger partial charge in [-0.05, 0) is 35.9 Å². The van der Waals surface area contributed by atoms with Gasteiger partial charge in [-0.1, -0.05) is 35.9 Å². The highest BCUT2D eigenvalue weighted by atomic mass is 35.5. The quantitative estimate of drug-likeness (QED) is 0.269. The lowest BCUT2D eigenvalue weighted by molar-refractivity contribution is -0.384. The molecule has 11 heteroatoms. The summed E-state index contributed by atoms with van der Waals surface area (Å²) < 4.78 is 10.8. The fourth-order valence-corrected chi connectivity index (χ4v) is 3.08. The molecule has 0 saturated carbocycles. The van der Waals surface area contributed by atoms with Crippen molar-refractivity contribution in [3.63, 3.8) is 0 Å². The molecule has 34 heavy (non-hydrogen) atoms. The minimum Gasteiger partial charge on any atom is -0.493 e. The Kier molecular flexibility index (Phi) is 8.14. The van der Waals surface area contributed by atoms with Gasteiger partial charge >= 0.3 is 0 Å². The van der Waals surface area contributed by atoms with E-state index in [1.807, 2.05) is 6.07 Å². The van der Waals surface area contributed by atoms with Crippen LogP contribution in [0.1, 0.15) is 15.9 Å². The van der Waals surface area contributed by atoms with Crippen molar-refractivity contribution < 1.29 is 24.0 Å². The maximum absolute atomic E-state index is 12.2. The van der Waals surface area contributed by atoms with Crippen molar-refractivity contribution in [2.75, 3.05) is 19.0 Å². The van der Waals surface area contributed by atoms with Gasteiger partial charge in [0.2, 0.25) is 0 Å². The molecule has 3 aromatic carbocycles. The summed E-state index contributed by atoms with van der Waals surface area (Å²) in [7, 11) is 1.41. The van der Waals surface area contributed by atoms with Crippen molar-refractivity contribution >= 4 is 41.0 Å². The number of para-hydroxylation sites is 1. The van der Waals surface area contributed by atoms with E-state index in [9.17, 15) is 19.7 Å². The Hall–Kier alpha value is -4.44. The van der Waals surface area contributed by atoms with E-state index in [-0.39, 0.29) is 40.3 Å². The number of nitrogens with one attached hydrogen (secondary N) is 2. The van der Waals surface area contributed by atoms with Gasteiger partial charge in [-0.15, -0.1) is 0 Å². The number of ether oxygens (including phenoxy) is 2. The van der Waals surface area contributed by atoms with Crippen molar-refractivity contribution in [3.05, 3.63) is 93.0 Å². The number of carbonyl (C=O) groups is 2. The van der Waals surface area contributed by atoms with Gasteiger partial charge in [0, 0.05) is 23.4 Å². The van der Waals surface area contributed by atoms with Gasteiger partial charge in [-0.25, -0.2) is 5.43 Å². The summed E-state index contributed by atoms with van der Waals surface area (Å²) in [5.41, 5.74) is 3.27. The molecule has 2 amide bonds. The predicted molar refractivity (Wildman–Crippen MR) is 127 cm³/mol. The highest BCUT2D eigenvalue weighted by Gasteiger charge is 2.14. The minimum absolute atomic E-state index is 0.0829. The van der Waals surface area contributed by atoms with Crippen LogP contribution < -0.4 is 20.2 Å². The normalized spacial score (nSPS) is 10.5. The molecule has 0 aliphatic carbocycles. The molecule has 0 aliphatic rings. The molecule has 10 nitrogen and oxygen atoms in total. The van der Waals surface area contributed by atoms with Crippen molar-refractivity contribution in [3.8, 4) is 11.5 Å². The first-order valence-electron chi connectivity index (χ1n) is 9.80. The maximum Gasteiger partial charge on any atom is 0.271 e. The second kappa shape index (κ2) is 11.4. The monoisotopic (exact) mass is 482 g/mol. The Morgan fingerprint density at radius 2 is 1.88 bits per heavy atom. The van der Waals surface area contributed by atoms with Crippen LogP contribution in [0.2, 0.25) is 5.02 Å². The number of nitro benzene ring substituents is 1. The van der Waals surface area contributed by atoms with Gasteiger partial charge < -0.3 is 14.8 Å². The Balaban J connectivity index is 1.64. The van der Waals surface area contributed by atoms with Crippen LogP contribution in [0.15, 0.2) is 71.8 Å². The molecule has 0 heterocycles. The Morgan fingerprint density at radius 1 is 1.12 bits per heavy atom. The predicted octanol–water partition coefficient (Wildman–Crippen LogP) is 4.04. The lowest BCUT2D eigenvalue weighted by atomic mass is 10.2. The number of non-ortho nitro benzene ring substituents is 1. The zero-order valence-electron chi connectivity index (χ0n) is 17.9. The number of anilines is 1. The average molecular weight is 483 g/mol. The number of hydrogen-bond acceptors (Lipinski definition) is 7. The first kappa shape index (κ1) is 24.2. The number of carbonyl (C=O) groups excluding carboxylic acids is 2. The van der Waals surface area contributed by atoms with Gasteiger partial charge in [0.1, 0.15) is 0 Å². The lowest BCUT2D eigenvalue weighted by Gasteiger charge is -2.13. The van der Waals surface area contributed by atoms with Gasteiger partial charge in [-0.3, -0.25) is 19.7 Å². The fourth-order valence-electron chi connectivity index (χ4n) is 2.80. The maximum atomic E-state index is 12.2. The number of nitrogens with zero attached hydrogens (tertiary/aromatic N) is 2. The molecule has 0 radical (unpaired) electrons. The average Bonchev–Trinajstić information content (AvgIpc) is 2.83. The third-order valence-corrected chi connectivity index (χ3v) is 4.64. The molecule has 0 aromatic heterocycles. The molecule has 0 saturated heterocycles.